The molecule has 0 aliphatic rings. The fourth-order valence-electron chi connectivity index (χ4n) is 2.19. The van der Waals surface area contributed by atoms with Gasteiger partial charge >= 0.3 is 121 Å². The van der Waals surface area contributed by atoms with Gasteiger partial charge in [0, 0.05) is 0 Å². The van der Waals surface area contributed by atoms with E-state index in [-0.39, 0.29) is 21.1 Å². The molecule has 0 N–H and O–H groups in total. The zero-order valence-electron chi connectivity index (χ0n) is 12.4. The Balaban J connectivity index is 2.85. The van der Waals surface area contributed by atoms with Gasteiger partial charge in [-0.25, -0.2) is 0 Å². The third-order valence-corrected chi connectivity index (χ3v) is 7.45. The summed E-state index contributed by atoms with van der Waals surface area (Å²) in [5, 5.41) is 0. The maximum atomic E-state index is 2.30. The molecule has 0 unspecified atom stereocenters. The molecule has 0 saturated heterocycles. The molecule has 0 amide bonds. The molecule has 0 fully saturated rings. The molecule has 17 heavy (non-hydrogen) atoms. The number of hydrogen-bond acceptors (Lipinski definition) is 0. The van der Waals surface area contributed by atoms with Crippen molar-refractivity contribution in [2.45, 2.75) is 99.8 Å². The van der Waals surface area contributed by atoms with Gasteiger partial charge in [0.2, 0.25) is 0 Å². The van der Waals surface area contributed by atoms with Crippen LogP contribution < -0.4 is 0 Å². The Labute approximate surface area is 121 Å². The quantitative estimate of drug-likeness (QED) is 0.258. The van der Waals surface area contributed by atoms with Crippen molar-refractivity contribution in [1.82, 2.24) is 0 Å². The van der Waals surface area contributed by atoms with Gasteiger partial charge in [0.05, 0.1) is 0 Å². The normalized spacial score (nSPS) is 10.5. The third-order valence-electron chi connectivity index (χ3n) is 3.41. The van der Waals surface area contributed by atoms with E-state index in [1.807, 2.05) is 0 Å². The van der Waals surface area contributed by atoms with Crippen molar-refractivity contribution in [1.29, 1.82) is 0 Å². The first-order valence-electron chi connectivity index (χ1n) is 8.12. The molecule has 0 heterocycles. The van der Waals surface area contributed by atoms with Crippen molar-refractivity contribution in [3.63, 3.8) is 0 Å². The van der Waals surface area contributed by atoms with E-state index in [4.69, 9.17) is 0 Å². The predicted octanol–water partition coefficient (Wildman–Crippen LogP) is 6.25. The van der Waals surface area contributed by atoms with Crippen LogP contribution in [0.2, 0.25) is 8.87 Å². The van der Waals surface area contributed by atoms with Crippen LogP contribution in [0.25, 0.3) is 0 Å². The van der Waals surface area contributed by atoms with E-state index >= 15 is 0 Å². The van der Waals surface area contributed by atoms with Gasteiger partial charge in [-0.1, -0.05) is 0 Å². The van der Waals surface area contributed by atoms with Crippen LogP contribution in [-0.2, 0) is 0 Å². The Hall–Kier alpha value is 0.799. The van der Waals surface area contributed by atoms with Gasteiger partial charge in [-0.15, -0.1) is 0 Å². The molecule has 0 saturated carbocycles. The molecule has 0 nitrogen and oxygen atoms in total. The van der Waals surface area contributed by atoms with E-state index in [1.165, 1.54) is 64.2 Å². The Bertz CT molecular complexity index is 109. The monoisotopic (exact) mass is 346 g/mol. The summed E-state index contributed by atoms with van der Waals surface area (Å²) in [6.07, 6.45) is 17.8. The molecule has 0 aliphatic carbocycles. The summed E-state index contributed by atoms with van der Waals surface area (Å²) >= 11 is 0.0736. The van der Waals surface area contributed by atoms with Gasteiger partial charge < -0.3 is 0 Å². The second-order valence-corrected chi connectivity index (χ2v) is 9.57. The zero-order valence-corrected chi connectivity index (χ0v) is 15.3. The summed E-state index contributed by atoms with van der Waals surface area (Å²) in [5.41, 5.74) is 0. The summed E-state index contributed by atoms with van der Waals surface area (Å²) < 4.78 is 3.31. The number of rotatable bonds is 14. The van der Waals surface area contributed by atoms with Crippen LogP contribution in [0.5, 0.6) is 0 Å². The van der Waals surface area contributed by atoms with Crippen LogP contribution in [-0.4, -0.2) is 21.1 Å². The van der Waals surface area contributed by atoms with Crippen molar-refractivity contribution >= 4 is 21.1 Å². The number of hydrogen-bond donors (Lipinski definition) is 0. The van der Waals surface area contributed by atoms with Gasteiger partial charge in [-0.3, -0.25) is 0 Å². The fraction of sp³-hybridized carbons (Fsp3) is 1.00. The van der Waals surface area contributed by atoms with Gasteiger partial charge in [0.1, 0.15) is 0 Å². The van der Waals surface area contributed by atoms with Crippen LogP contribution >= 0.6 is 0 Å². The summed E-state index contributed by atoms with van der Waals surface area (Å²) in [6, 6.07) is 0. The first kappa shape index (κ1) is 17.8. The van der Waals surface area contributed by atoms with Crippen molar-refractivity contribution < 1.29 is 0 Å². The van der Waals surface area contributed by atoms with Gasteiger partial charge in [-0.05, 0) is 0 Å². The zero-order chi connectivity index (χ0) is 12.6. The molecule has 100 valence electrons. The summed E-state index contributed by atoms with van der Waals surface area (Å²) in [7, 11) is 0. The Morgan fingerprint density at radius 1 is 0.471 bits per heavy atom. The van der Waals surface area contributed by atoms with Crippen molar-refractivity contribution in [2.75, 3.05) is 0 Å². The van der Waals surface area contributed by atoms with Crippen LogP contribution in [0.4, 0.5) is 0 Å². The molecule has 0 aliphatic heterocycles. The molecule has 1 heteroatoms. The minimum absolute atomic E-state index is 0.0736. The van der Waals surface area contributed by atoms with Crippen molar-refractivity contribution in [3.8, 4) is 0 Å². The first-order chi connectivity index (χ1) is 8.41. The average molecular weight is 345 g/mol. The Morgan fingerprint density at radius 3 is 1.24 bits per heavy atom. The summed E-state index contributed by atoms with van der Waals surface area (Å²) in [4.78, 5) is 0. The molecule has 0 aromatic heterocycles. The van der Waals surface area contributed by atoms with Crippen molar-refractivity contribution in [3.05, 3.63) is 0 Å². The second kappa shape index (κ2) is 16.8. The van der Waals surface area contributed by atoms with Crippen molar-refractivity contribution in [2.24, 2.45) is 0 Å². The molecule has 0 rings (SSSR count). The molecule has 0 radical (unpaired) electrons. The van der Waals surface area contributed by atoms with E-state index in [0.29, 0.717) is 0 Å². The maximum absolute atomic E-state index is 2.30. The van der Waals surface area contributed by atoms with Crippen LogP contribution in [0.15, 0.2) is 0 Å². The third kappa shape index (κ3) is 16.8. The van der Waals surface area contributed by atoms with E-state index in [0.717, 1.165) is 0 Å². The van der Waals surface area contributed by atoms with Gasteiger partial charge in [-0.2, -0.15) is 0 Å². The van der Waals surface area contributed by atoms with E-state index in [2.05, 4.69) is 13.8 Å². The van der Waals surface area contributed by atoms with Crippen LogP contribution in [0.1, 0.15) is 90.9 Å². The molecule has 0 spiro atoms. The van der Waals surface area contributed by atoms with E-state index in [1.54, 1.807) is 21.7 Å². The molecular formula is C16H34Sn+2. The number of unbranched alkanes of at least 4 members (excludes halogenated alkanes) is 10. The molecule has 0 bridgehead atoms. The standard InChI is InChI=1S/2C8H17.Sn/c2*1-3-5-7-8-6-4-2;/h2*1,3-8H2,2H3;/q;;+2. The Kier molecular flexibility index (Phi) is 17.6. The van der Waals surface area contributed by atoms with Gasteiger partial charge in [0.25, 0.3) is 0 Å². The topological polar surface area (TPSA) is 0 Å². The fourth-order valence-corrected chi connectivity index (χ4v) is 5.75. The minimum atomic E-state index is 0.0736. The second-order valence-electron chi connectivity index (χ2n) is 5.29. The molecule has 0 aromatic carbocycles. The summed E-state index contributed by atoms with van der Waals surface area (Å²) in [6.45, 7) is 4.60. The predicted molar refractivity (Wildman–Crippen MR) is 82.1 cm³/mol. The average Bonchev–Trinajstić information content (AvgIpc) is 2.35. The van der Waals surface area contributed by atoms with E-state index in [9.17, 15) is 0 Å². The van der Waals surface area contributed by atoms with E-state index < -0.39 is 0 Å². The molecule has 0 aromatic rings. The van der Waals surface area contributed by atoms with Gasteiger partial charge in [0.15, 0.2) is 0 Å². The Morgan fingerprint density at radius 2 is 0.824 bits per heavy atom. The van der Waals surface area contributed by atoms with Crippen LogP contribution in [0.3, 0.4) is 0 Å². The van der Waals surface area contributed by atoms with Crippen LogP contribution in [0, 0.1) is 0 Å². The summed E-state index contributed by atoms with van der Waals surface area (Å²) in [5.74, 6) is 0. The molecule has 0 atom stereocenters. The SMILES string of the molecule is CCCCCCC[CH2][Sn+2][CH2]CCCCCCC. The molecular weight excluding hydrogens is 311 g/mol. The first-order valence-corrected chi connectivity index (χ1v) is 12.2.